The van der Waals surface area contributed by atoms with Crippen molar-refractivity contribution in [2.24, 2.45) is 5.92 Å². The molecule has 0 aliphatic carbocycles. The summed E-state index contributed by atoms with van der Waals surface area (Å²) in [6.45, 7) is 4.25. The maximum absolute atomic E-state index is 10.9. The standard InChI is InChI=1S/C13H17NO3/c1-9(2)7-10-3-5-11(6-4-10)12(13(16)17)14-8-15/h3-6,8-9,12H,7H2,1-2H3,(H,14,15)(H,16,17). The van der Waals surface area contributed by atoms with Gasteiger partial charge in [-0.3, -0.25) is 4.79 Å². The molecule has 0 fully saturated rings. The normalized spacial score (nSPS) is 12.2. The van der Waals surface area contributed by atoms with E-state index in [9.17, 15) is 9.59 Å². The summed E-state index contributed by atoms with van der Waals surface area (Å²) in [5, 5.41) is 11.2. The van der Waals surface area contributed by atoms with Crippen LogP contribution < -0.4 is 5.32 Å². The molecule has 0 saturated heterocycles. The first kappa shape index (κ1) is 13.2. The van der Waals surface area contributed by atoms with E-state index in [4.69, 9.17) is 5.11 Å². The first-order valence-electron chi connectivity index (χ1n) is 5.56. The van der Waals surface area contributed by atoms with Crippen LogP contribution in [0.1, 0.15) is 31.0 Å². The maximum Gasteiger partial charge on any atom is 0.330 e. The largest absolute Gasteiger partial charge is 0.479 e. The monoisotopic (exact) mass is 235 g/mol. The fourth-order valence-electron chi connectivity index (χ4n) is 1.70. The number of nitrogens with one attached hydrogen (secondary N) is 1. The summed E-state index contributed by atoms with van der Waals surface area (Å²) in [4.78, 5) is 21.3. The molecule has 1 atom stereocenters. The first-order valence-corrected chi connectivity index (χ1v) is 5.56. The molecule has 2 N–H and O–H groups in total. The van der Waals surface area contributed by atoms with Gasteiger partial charge in [-0.2, -0.15) is 0 Å². The Bertz CT molecular complexity index is 384. The number of rotatable bonds is 6. The number of hydrogen-bond acceptors (Lipinski definition) is 2. The summed E-state index contributed by atoms with van der Waals surface area (Å²) in [5.74, 6) is -0.502. The van der Waals surface area contributed by atoms with Crippen molar-refractivity contribution in [3.63, 3.8) is 0 Å². The van der Waals surface area contributed by atoms with Crippen molar-refractivity contribution in [1.29, 1.82) is 0 Å². The Morgan fingerprint density at radius 3 is 2.35 bits per heavy atom. The van der Waals surface area contributed by atoms with E-state index < -0.39 is 12.0 Å². The van der Waals surface area contributed by atoms with Crippen molar-refractivity contribution in [2.75, 3.05) is 0 Å². The van der Waals surface area contributed by atoms with Gasteiger partial charge < -0.3 is 10.4 Å². The van der Waals surface area contributed by atoms with Crippen LogP contribution in [0.3, 0.4) is 0 Å². The number of carbonyl (C=O) groups excluding carboxylic acids is 1. The van der Waals surface area contributed by atoms with Crippen LogP contribution in [0, 0.1) is 5.92 Å². The van der Waals surface area contributed by atoms with Crippen LogP contribution in [0.25, 0.3) is 0 Å². The first-order chi connectivity index (χ1) is 8.04. The zero-order chi connectivity index (χ0) is 12.8. The molecule has 1 unspecified atom stereocenters. The number of aliphatic carboxylic acids is 1. The quantitative estimate of drug-likeness (QED) is 0.738. The average molecular weight is 235 g/mol. The molecule has 4 heteroatoms. The van der Waals surface area contributed by atoms with Gasteiger partial charge in [0.2, 0.25) is 6.41 Å². The Morgan fingerprint density at radius 1 is 1.35 bits per heavy atom. The summed E-state index contributed by atoms with van der Waals surface area (Å²) < 4.78 is 0. The topological polar surface area (TPSA) is 66.4 Å². The summed E-state index contributed by atoms with van der Waals surface area (Å²) in [6, 6.07) is 6.32. The third-order valence-electron chi connectivity index (χ3n) is 2.44. The molecule has 4 nitrogen and oxygen atoms in total. The second kappa shape index (κ2) is 6.03. The van der Waals surface area contributed by atoms with Crippen LogP contribution in [0.4, 0.5) is 0 Å². The molecule has 0 bridgehead atoms. The number of carboxylic acids is 1. The molecule has 1 amide bonds. The molecule has 0 aliphatic rings. The van der Waals surface area contributed by atoms with Gasteiger partial charge in [0.15, 0.2) is 6.04 Å². The number of carboxylic acid groups (broad SMARTS) is 1. The summed E-state index contributed by atoms with van der Waals surface area (Å²) >= 11 is 0. The maximum atomic E-state index is 10.9. The van der Waals surface area contributed by atoms with Gasteiger partial charge in [-0.1, -0.05) is 38.1 Å². The number of carbonyl (C=O) groups is 2. The Hall–Kier alpha value is -1.84. The van der Waals surface area contributed by atoms with Crippen LogP contribution in [0.5, 0.6) is 0 Å². The van der Waals surface area contributed by atoms with Gasteiger partial charge in [0, 0.05) is 0 Å². The molecular weight excluding hydrogens is 218 g/mol. The van der Waals surface area contributed by atoms with Crippen molar-refractivity contribution in [3.05, 3.63) is 35.4 Å². The Balaban J connectivity index is 2.84. The van der Waals surface area contributed by atoms with Crippen LogP contribution in [-0.2, 0) is 16.0 Å². The second-order valence-electron chi connectivity index (χ2n) is 4.40. The molecule has 0 aromatic heterocycles. The third-order valence-corrected chi connectivity index (χ3v) is 2.44. The molecule has 92 valence electrons. The summed E-state index contributed by atoms with van der Waals surface area (Å²) in [5.41, 5.74) is 1.75. The Labute approximate surface area is 101 Å². The summed E-state index contributed by atoms with van der Waals surface area (Å²) in [6.07, 6.45) is 1.36. The van der Waals surface area contributed by atoms with E-state index in [-0.39, 0.29) is 0 Å². The van der Waals surface area contributed by atoms with E-state index in [2.05, 4.69) is 19.2 Å². The van der Waals surface area contributed by atoms with E-state index in [0.29, 0.717) is 17.9 Å². The lowest BCUT2D eigenvalue weighted by Crippen LogP contribution is -2.27. The lowest BCUT2D eigenvalue weighted by atomic mass is 9.99. The minimum absolute atomic E-state index is 0.404. The molecule has 0 heterocycles. The molecule has 0 spiro atoms. The number of hydrogen-bond donors (Lipinski definition) is 2. The van der Waals surface area contributed by atoms with Gasteiger partial charge in [-0.05, 0) is 23.5 Å². The van der Waals surface area contributed by atoms with Gasteiger partial charge in [0.1, 0.15) is 0 Å². The minimum atomic E-state index is -1.06. The van der Waals surface area contributed by atoms with Crippen molar-refractivity contribution in [3.8, 4) is 0 Å². The van der Waals surface area contributed by atoms with E-state index in [1.807, 2.05) is 12.1 Å². The predicted octanol–water partition coefficient (Wildman–Crippen LogP) is 1.76. The SMILES string of the molecule is CC(C)Cc1ccc(C(NC=O)C(=O)O)cc1. The second-order valence-corrected chi connectivity index (χ2v) is 4.40. The highest BCUT2D eigenvalue weighted by atomic mass is 16.4. The van der Waals surface area contributed by atoms with Crippen LogP contribution in [0.15, 0.2) is 24.3 Å². The molecular formula is C13H17NO3. The van der Waals surface area contributed by atoms with Gasteiger partial charge in [0.25, 0.3) is 0 Å². The highest BCUT2D eigenvalue weighted by molar-refractivity contribution is 5.78. The van der Waals surface area contributed by atoms with Gasteiger partial charge in [0.05, 0.1) is 0 Å². The molecule has 0 aliphatic heterocycles. The molecule has 0 radical (unpaired) electrons. The zero-order valence-corrected chi connectivity index (χ0v) is 10.0. The van der Waals surface area contributed by atoms with E-state index in [1.165, 1.54) is 5.56 Å². The smallest absolute Gasteiger partial charge is 0.330 e. The van der Waals surface area contributed by atoms with Gasteiger partial charge in [-0.25, -0.2) is 4.79 Å². The van der Waals surface area contributed by atoms with Gasteiger partial charge >= 0.3 is 5.97 Å². The van der Waals surface area contributed by atoms with E-state index >= 15 is 0 Å². The fraction of sp³-hybridized carbons (Fsp3) is 0.385. The molecule has 1 aromatic carbocycles. The Morgan fingerprint density at radius 2 is 1.94 bits per heavy atom. The van der Waals surface area contributed by atoms with E-state index in [1.54, 1.807) is 12.1 Å². The molecule has 17 heavy (non-hydrogen) atoms. The van der Waals surface area contributed by atoms with Crippen LogP contribution in [0.2, 0.25) is 0 Å². The Kier molecular flexibility index (Phi) is 4.69. The lowest BCUT2D eigenvalue weighted by molar-refractivity contribution is -0.140. The lowest BCUT2D eigenvalue weighted by Gasteiger charge is -2.12. The third kappa shape index (κ3) is 3.90. The van der Waals surface area contributed by atoms with E-state index in [0.717, 1.165) is 6.42 Å². The summed E-state index contributed by atoms with van der Waals surface area (Å²) in [7, 11) is 0. The van der Waals surface area contributed by atoms with Crippen molar-refractivity contribution >= 4 is 12.4 Å². The fourth-order valence-corrected chi connectivity index (χ4v) is 1.70. The van der Waals surface area contributed by atoms with Crippen molar-refractivity contribution in [1.82, 2.24) is 5.32 Å². The predicted molar refractivity (Wildman–Crippen MR) is 64.6 cm³/mol. The minimum Gasteiger partial charge on any atom is -0.479 e. The zero-order valence-electron chi connectivity index (χ0n) is 10.0. The molecule has 1 aromatic rings. The van der Waals surface area contributed by atoms with Crippen molar-refractivity contribution < 1.29 is 14.7 Å². The average Bonchev–Trinajstić information content (AvgIpc) is 2.26. The van der Waals surface area contributed by atoms with Crippen LogP contribution in [-0.4, -0.2) is 17.5 Å². The highest BCUT2D eigenvalue weighted by Crippen LogP contribution is 2.15. The number of benzene rings is 1. The van der Waals surface area contributed by atoms with Crippen LogP contribution >= 0.6 is 0 Å². The molecule has 1 rings (SSSR count). The van der Waals surface area contributed by atoms with Gasteiger partial charge in [-0.15, -0.1) is 0 Å². The number of amides is 1. The molecule has 0 saturated carbocycles. The highest BCUT2D eigenvalue weighted by Gasteiger charge is 2.18. The van der Waals surface area contributed by atoms with Crippen molar-refractivity contribution in [2.45, 2.75) is 26.3 Å².